The van der Waals surface area contributed by atoms with E-state index in [0.717, 1.165) is 31.3 Å². The number of halogens is 3. The molecule has 1 aromatic carbocycles. The largest absolute Gasteiger partial charge is 0.366 e. The average Bonchev–Trinajstić information content (AvgIpc) is 3.31. The number of nitrogens with two attached hydrogens (primary N) is 1. The van der Waals surface area contributed by atoms with Crippen LogP contribution in [0, 0.1) is 11.6 Å². The highest BCUT2D eigenvalue weighted by Gasteiger charge is 2.30. The number of hydrogen-bond donors (Lipinski definition) is 1. The van der Waals surface area contributed by atoms with E-state index in [4.69, 9.17) is 27.3 Å². The molecule has 5 rings (SSSR count). The van der Waals surface area contributed by atoms with E-state index in [9.17, 15) is 13.6 Å². The zero-order chi connectivity index (χ0) is 26.3. The number of carbonyl (C=O) groups is 1. The van der Waals surface area contributed by atoms with Gasteiger partial charge < -0.3 is 20.4 Å². The van der Waals surface area contributed by atoms with E-state index < -0.39 is 17.5 Å². The molecule has 194 valence electrons. The maximum absolute atomic E-state index is 14.1. The highest BCUT2D eigenvalue weighted by atomic mass is 35.5. The summed E-state index contributed by atoms with van der Waals surface area (Å²) in [7, 11) is 0. The number of pyridine rings is 1. The summed E-state index contributed by atoms with van der Waals surface area (Å²) in [4.78, 5) is 31.9. The Hall–Kier alpha value is -3.53. The monoisotopic (exact) mass is 527 g/mol. The molecule has 0 spiro atoms. The lowest BCUT2D eigenvalue weighted by molar-refractivity contribution is 0.1000. The topological polar surface area (TPSA) is 91.5 Å². The van der Waals surface area contributed by atoms with E-state index >= 15 is 0 Å². The summed E-state index contributed by atoms with van der Waals surface area (Å²) < 4.78 is 27.7. The van der Waals surface area contributed by atoms with Gasteiger partial charge in [-0.25, -0.2) is 18.7 Å². The summed E-state index contributed by atoms with van der Waals surface area (Å²) in [5.74, 6) is -0.490. The van der Waals surface area contributed by atoms with Crippen LogP contribution in [0.15, 0.2) is 36.5 Å². The van der Waals surface area contributed by atoms with E-state index in [-0.39, 0.29) is 11.6 Å². The first-order valence-electron chi connectivity index (χ1n) is 12.3. The predicted molar refractivity (Wildman–Crippen MR) is 140 cm³/mol. The summed E-state index contributed by atoms with van der Waals surface area (Å²) in [5, 5.41) is 0.366. The van der Waals surface area contributed by atoms with Gasteiger partial charge in [0, 0.05) is 56.1 Å². The number of primary amides is 1. The van der Waals surface area contributed by atoms with Gasteiger partial charge in [0.05, 0.1) is 16.3 Å². The molecule has 2 aliphatic rings. The third-order valence-electron chi connectivity index (χ3n) is 7.05. The molecule has 2 aliphatic heterocycles. The summed E-state index contributed by atoms with van der Waals surface area (Å²) in [6.07, 6.45) is 3.53. The van der Waals surface area contributed by atoms with Gasteiger partial charge in [-0.2, -0.15) is 4.98 Å². The van der Waals surface area contributed by atoms with Gasteiger partial charge in [0.2, 0.25) is 11.9 Å². The Morgan fingerprint density at radius 2 is 1.84 bits per heavy atom. The van der Waals surface area contributed by atoms with Gasteiger partial charge >= 0.3 is 0 Å². The number of piperazine rings is 1. The van der Waals surface area contributed by atoms with Gasteiger partial charge in [-0.05, 0) is 51.0 Å². The second-order valence-corrected chi connectivity index (χ2v) is 10.0. The Bertz CT molecular complexity index is 1340. The number of anilines is 3. The van der Waals surface area contributed by atoms with Crippen molar-refractivity contribution < 1.29 is 13.6 Å². The second-order valence-electron chi connectivity index (χ2n) is 9.61. The number of amides is 1. The second kappa shape index (κ2) is 10.1. The lowest BCUT2D eigenvalue weighted by atomic mass is 10.1. The van der Waals surface area contributed by atoms with E-state index in [1.165, 1.54) is 24.4 Å². The van der Waals surface area contributed by atoms with Crippen LogP contribution in [-0.4, -0.2) is 59.1 Å². The first-order valence-corrected chi connectivity index (χ1v) is 12.7. The first-order chi connectivity index (χ1) is 17.7. The summed E-state index contributed by atoms with van der Waals surface area (Å²) in [5.41, 5.74) is 6.63. The van der Waals surface area contributed by atoms with Crippen LogP contribution in [-0.2, 0) is 0 Å². The van der Waals surface area contributed by atoms with E-state index in [1.54, 1.807) is 0 Å². The maximum Gasteiger partial charge on any atom is 0.250 e. The van der Waals surface area contributed by atoms with Crippen molar-refractivity contribution in [2.45, 2.75) is 38.8 Å². The smallest absolute Gasteiger partial charge is 0.250 e. The Morgan fingerprint density at radius 1 is 1.03 bits per heavy atom. The van der Waals surface area contributed by atoms with Gasteiger partial charge in [-0.3, -0.25) is 4.79 Å². The molecular formula is C26H28ClF2N7O. The van der Waals surface area contributed by atoms with Crippen molar-refractivity contribution in [3.8, 4) is 11.3 Å². The van der Waals surface area contributed by atoms with Crippen LogP contribution in [0.4, 0.5) is 26.4 Å². The van der Waals surface area contributed by atoms with Crippen molar-refractivity contribution in [3.05, 3.63) is 58.7 Å². The first kappa shape index (κ1) is 25.1. The van der Waals surface area contributed by atoms with Gasteiger partial charge in [0.1, 0.15) is 11.6 Å². The van der Waals surface area contributed by atoms with E-state index in [1.807, 2.05) is 6.07 Å². The van der Waals surface area contributed by atoms with Crippen molar-refractivity contribution in [2.24, 2.45) is 5.73 Å². The highest BCUT2D eigenvalue weighted by Crippen LogP contribution is 2.32. The Balaban J connectivity index is 1.46. The minimum absolute atomic E-state index is 0.0268. The van der Waals surface area contributed by atoms with E-state index in [0.29, 0.717) is 53.7 Å². The normalized spacial score (nSPS) is 20.0. The molecule has 0 radical (unpaired) electrons. The standard InChI is InChI=1S/C26H28ClF2N7O/c1-15-4-3-7-36(15)26-32-22(17-5-6-20(28)21(29)11-17)12-23(33-26)35-9-8-34(14-16(35)2)25-19(27)10-18(13-31-25)24(30)37/h5-6,10-13,15-16H,3-4,7-9,14H2,1-2H3,(H2,30,37). The van der Waals surface area contributed by atoms with Crippen molar-refractivity contribution in [3.63, 3.8) is 0 Å². The van der Waals surface area contributed by atoms with E-state index in [2.05, 4.69) is 33.5 Å². The molecule has 0 bridgehead atoms. The van der Waals surface area contributed by atoms with Crippen LogP contribution in [0.2, 0.25) is 5.02 Å². The van der Waals surface area contributed by atoms with Crippen molar-refractivity contribution in [1.29, 1.82) is 0 Å². The van der Waals surface area contributed by atoms with Crippen molar-refractivity contribution >= 4 is 35.1 Å². The molecule has 1 amide bonds. The van der Waals surface area contributed by atoms with Crippen LogP contribution in [0.25, 0.3) is 11.3 Å². The zero-order valence-electron chi connectivity index (χ0n) is 20.7. The molecule has 4 heterocycles. The van der Waals surface area contributed by atoms with Crippen LogP contribution >= 0.6 is 11.6 Å². The number of aromatic nitrogens is 3. The van der Waals surface area contributed by atoms with Crippen LogP contribution < -0.4 is 20.4 Å². The SMILES string of the molecule is CC1CN(c2ncc(C(N)=O)cc2Cl)CCN1c1cc(-c2ccc(F)c(F)c2)nc(N2CCCC2C)n1. The summed E-state index contributed by atoms with van der Waals surface area (Å²) >= 11 is 6.42. The average molecular weight is 528 g/mol. The predicted octanol–water partition coefficient (Wildman–Crippen LogP) is 4.27. The molecule has 11 heteroatoms. The molecule has 2 fully saturated rings. The van der Waals surface area contributed by atoms with Gasteiger partial charge in [0.15, 0.2) is 11.6 Å². The minimum atomic E-state index is -0.914. The molecule has 2 aromatic heterocycles. The Labute approximate surface area is 219 Å². The fourth-order valence-electron chi connectivity index (χ4n) is 5.02. The third-order valence-corrected chi connectivity index (χ3v) is 7.33. The molecule has 2 N–H and O–H groups in total. The molecule has 0 saturated carbocycles. The summed E-state index contributed by atoms with van der Waals surface area (Å²) in [6.45, 7) is 6.92. The van der Waals surface area contributed by atoms with Crippen LogP contribution in [0.5, 0.6) is 0 Å². The quantitative estimate of drug-likeness (QED) is 0.529. The Kier molecular flexibility index (Phi) is 6.85. The number of hydrogen-bond acceptors (Lipinski definition) is 7. The zero-order valence-corrected chi connectivity index (χ0v) is 21.4. The van der Waals surface area contributed by atoms with Crippen LogP contribution in [0.3, 0.4) is 0 Å². The molecule has 2 saturated heterocycles. The number of nitrogens with zero attached hydrogens (tertiary/aromatic N) is 6. The fraction of sp³-hybridized carbons (Fsp3) is 0.385. The van der Waals surface area contributed by atoms with Gasteiger partial charge in [0.25, 0.3) is 0 Å². The van der Waals surface area contributed by atoms with Crippen molar-refractivity contribution in [1.82, 2.24) is 15.0 Å². The molecule has 2 unspecified atom stereocenters. The third kappa shape index (κ3) is 5.02. The molecule has 0 aliphatic carbocycles. The molecular weight excluding hydrogens is 500 g/mol. The molecule has 8 nitrogen and oxygen atoms in total. The maximum atomic E-state index is 14.1. The van der Waals surface area contributed by atoms with Crippen molar-refractivity contribution in [2.75, 3.05) is 40.9 Å². The molecule has 2 atom stereocenters. The van der Waals surface area contributed by atoms with Crippen LogP contribution in [0.1, 0.15) is 37.0 Å². The van der Waals surface area contributed by atoms with Gasteiger partial charge in [-0.1, -0.05) is 11.6 Å². The lowest BCUT2D eigenvalue weighted by Gasteiger charge is -2.41. The number of carbonyl (C=O) groups excluding carboxylic acids is 1. The number of benzene rings is 1. The lowest BCUT2D eigenvalue weighted by Crippen LogP contribution is -2.53. The summed E-state index contributed by atoms with van der Waals surface area (Å²) in [6, 6.07) is 7.50. The molecule has 37 heavy (non-hydrogen) atoms. The van der Waals surface area contributed by atoms with Gasteiger partial charge in [-0.15, -0.1) is 0 Å². The minimum Gasteiger partial charge on any atom is -0.366 e. The molecule has 3 aromatic rings. The number of rotatable bonds is 5. The fourth-order valence-corrected chi connectivity index (χ4v) is 5.31. The Morgan fingerprint density at radius 3 is 2.49 bits per heavy atom. The highest BCUT2D eigenvalue weighted by molar-refractivity contribution is 6.33.